The Bertz CT molecular complexity index is 190. The van der Waals surface area contributed by atoms with Crippen molar-refractivity contribution in [2.24, 2.45) is 23.2 Å². The minimum Gasteiger partial charge on any atom is -0.396 e. The van der Waals surface area contributed by atoms with Crippen molar-refractivity contribution in [1.29, 1.82) is 0 Å². The Hall–Kier alpha value is -0.0800. The summed E-state index contributed by atoms with van der Waals surface area (Å²) in [5.74, 6) is 2.94. The molecule has 1 N–H and O–H groups in total. The summed E-state index contributed by atoms with van der Waals surface area (Å²) in [6.07, 6.45) is 0. The molecular formula is C11H21NO. The molecular weight excluding hydrogens is 162 g/mol. The Labute approximate surface area is 80.9 Å². The van der Waals surface area contributed by atoms with Gasteiger partial charge in [0.05, 0.1) is 0 Å². The second-order valence-corrected chi connectivity index (χ2v) is 5.70. The zero-order valence-corrected chi connectivity index (χ0v) is 8.95. The molecule has 2 unspecified atom stereocenters. The topological polar surface area (TPSA) is 23.5 Å². The van der Waals surface area contributed by atoms with Gasteiger partial charge in [0, 0.05) is 31.7 Å². The molecule has 2 aliphatic rings. The first kappa shape index (κ1) is 9.47. The third-order valence-electron chi connectivity index (χ3n) is 3.78. The number of rotatable bonds is 3. The molecule has 0 aromatic carbocycles. The highest BCUT2D eigenvalue weighted by molar-refractivity contribution is 5.03. The van der Waals surface area contributed by atoms with Crippen molar-refractivity contribution in [3.05, 3.63) is 0 Å². The standard InChI is InChI=1S/C11H21NO/c1-8-9-4-12(5-10(8)9)6-11(2,3)7-13/h8-10,13H,4-7H2,1-3H3. The van der Waals surface area contributed by atoms with E-state index in [2.05, 4.69) is 25.7 Å². The molecule has 0 bridgehead atoms. The van der Waals surface area contributed by atoms with Crippen LogP contribution in [0.25, 0.3) is 0 Å². The van der Waals surface area contributed by atoms with E-state index in [1.54, 1.807) is 0 Å². The number of hydrogen-bond acceptors (Lipinski definition) is 2. The van der Waals surface area contributed by atoms with Crippen LogP contribution in [0.3, 0.4) is 0 Å². The third kappa shape index (κ3) is 1.75. The van der Waals surface area contributed by atoms with E-state index in [1.807, 2.05) is 0 Å². The molecule has 2 rings (SSSR count). The zero-order chi connectivity index (χ0) is 9.64. The minimum atomic E-state index is 0.0834. The maximum absolute atomic E-state index is 9.16. The quantitative estimate of drug-likeness (QED) is 0.711. The summed E-state index contributed by atoms with van der Waals surface area (Å²) >= 11 is 0. The molecule has 0 aromatic heterocycles. The summed E-state index contributed by atoms with van der Waals surface area (Å²) in [5, 5.41) is 9.16. The molecule has 0 spiro atoms. The fourth-order valence-electron chi connectivity index (χ4n) is 2.70. The van der Waals surface area contributed by atoms with E-state index in [1.165, 1.54) is 13.1 Å². The van der Waals surface area contributed by atoms with Crippen molar-refractivity contribution in [3.8, 4) is 0 Å². The lowest BCUT2D eigenvalue weighted by atomic mass is 9.94. The first-order chi connectivity index (χ1) is 6.03. The number of fused-ring (bicyclic) bond motifs is 1. The van der Waals surface area contributed by atoms with Gasteiger partial charge >= 0.3 is 0 Å². The second kappa shape index (κ2) is 2.96. The number of nitrogens with zero attached hydrogens (tertiary/aromatic N) is 1. The van der Waals surface area contributed by atoms with Crippen molar-refractivity contribution in [1.82, 2.24) is 4.90 Å². The number of hydrogen-bond donors (Lipinski definition) is 1. The molecule has 2 nitrogen and oxygen atoms in total. The van der Waals surface area contributed by atoms with Crippen LogP contribution < -0.4 is 0 Å². The van der Waals surface area contributed by atoms with E-state index in [9.17, 15) is 0 Å². The van der Waals surface area contributed by atoms with Crippen molar-refractivity contribution in [2.75, 3.05) is 26.2 Å². The fourth-order valence-corrected chi connectivity index (χ4v) is 2.70. The fraction of sp³-hybridized carbons (Fsp3) is 1.00. The molecule has 13 heavy (non-hydrogen) atoms. The largest absolute Gasteiger partial charge is 0.396 e. The van der Waals surface area contributed by atoms with Crippen LogP contribution in [0.5, 0.6) is 0 Å². The number of piperidine rings is 1. The lowest BCUT2D eigenvalue weighted by Crippen LogP contribution is -2.36. The number of aliphatic hydroxyl groups excluding tert-OH is 1. The van der Waals surface area contributed by atoms with Crippen LogP contribution in [0.15, 0.2) is 0 Å². The van der Waals surface area contributed by atoms with Crippen molar-refractivity contribution < 1.29 is 5.11 Å². The molecule has 2 fully saturated rings. The molecule has 0 radical (unpaired) electrons. The monoisotopic (exact) mass is 183 g/mol. The summed E-state index contributed by atoms with van der Waals surface area (Å²) < 4.78 is 0. The van der Waals surface area contributed by atoms with E-state index in [-0.39, 0.29) is 5.41 Å². The van der Waals surface area contributed by atoms with Crippen molar-refractivity contribution in [2.45, 2.75) is 20.8 Å². The molecule has 2 heteroatoms. The van der Waals surface area contributed by atoms with Gasteiger partial charge in [0.25, 0.3) is 0 Å². The predicted octanol–water partition coefficient (Wildman–Crippen LogP) is 1.20. The van der Waals surface area contributed by atoms with Crippen LogP contribution in [-0.2, 0) is 0 Å². The van der Waals surface area contributed by atoms with Crippen LogP contribution in [-0.4, -0.2) is 36.2 Å². The lowest BCUT2D eigenvalue weighted by molar-refractivity contribution is 0.107. The molecule has 1 saturated carbocycles. The van der Waals surface area contributed by atoms with Gasteiger partial charge in [-0.3, -0.25) is 0 Å². The van der Waals surface area contributed by atoms with E-state index >= 15 is 0 Å². The SMILES string of the molecule is CC1C2CN(CC(C)(C)CO)CC12. The molecule has 2 atom stereocenters. The van der Waals surface area contributed by atoms with Crippen LogP contribution in [0.2, 0.25) is 0 Å². The van der Waals surface area contributed by atoms with Crippen LogP contribution in [0, 0.1) is 23.2 Å². The number of aliphatic hydroxyl groups is 1. The number of likely N-dealkylation sites (tertiary alicyclic amines) is 1. The molecule has 1 aliphatic carbocycles. The first-order valence-corrected chi connectivity index (χ1v) is 5.37. The highest BCUT2D eigenvalue weighted by Gasteiger charge is 2.52. The Morgan fingerprint density at radius 3 is 2.31 bits per heavy atom. The van der Waals surface area contributed by atoms with Gasteiger partial charge in [0.1, 0.15) is 0 Å². The summed E-state index contributed by atoms with van der Waals surface area (Å²) in [4.78, 5) is 2.52. The summed E-state index contributed by atoms with van der Waals surface area (Å²) in [6, 6.07) is 0. The van der Waals surface area contributed by atoms with Crippen molar-refractivity contribution in [3.63, 3.8) is 0 Å². The van der Waals surface area contributed by atoms with Gasteiger partial charge in [0.2, 0.25) is 0 Å². The molecule has 0 amide bonds. The maximum atomic E-state index is 9.16. The Morgan fingerprint density at radius 2 is 1.85 bits per heavy atom. The first-order valence-electron chi connectivity index (χ1n) is 5.37. The van der Waals surface area contributed by atoms with E-state index in [4.69, 9.17) is 5.11 Å². The molecule has 0 aromatic rings. The Kier molecular flexibility index (Phi) is 2.16. The van der Waals surface area contributed by atoms with Crippen LogP contribution >= 0.6 is 0 Å². The van der Waals surface area contributed by atoms with Gasteiger partial charge < -0.3 is 10.0 Å². The van der Waals surface area contributed by atoms with Gasteiger partial charge in [0.15, 0.2) is 0 Å². The minimum absolute atomic E-state index is 0.0834. The smallest absolute Gasteiger partial charge is 0.0494 e. The highest BCUT2D eigenvalue weighted by atomic mass is 16.3. The van der Waals surface area contributed by atoms with Gasteiger partial charge in [-0.2, -0.15) is 0 Å². The van der Waals surface area contributed by atoms with Crippen LogP contribution in [0.4, 0.5) is 0 Å². The summed E-state index contributed by atoms with van der Waals surface area (Å²) in [5.41, 5.74) is 0.0834. The average Bonchev–Trinajstić information content (AvgIpc) is 2.48. The van der Waals surface area contributed by atoms with E-state index < -0.39 is 0 Å². The summed E-state index contributed by atoms with van der Waals surface area (Å²) in [7, 11) is 0. The Morgan fingerprint density at radius 1 is 1.31 bits per heavy atom. The average molecular weight is 183 g/mol. The zero-order valence-electron chi connectivity index (χ0n) is 8.95. The summed E-state index contributed by atoms with van der Waals surface area (Å²) in [6.45, 7) is 10.5. The normalized spacial score (nSPS) is 39.2. The van der Waals surface area contributed by atoms with Gasteiger partial charge in [-0.1, -0.05) is 20.8 Å². The van der Waals surface area contributed by atoms with Gasteiger partial charge in [-0.05, 0) is 17.8 Å². The molecule has 1 aliphatic heterocycles. The Balaban J connectivity index is 1.80. The predicted molar refractivity (Wildman–Crippen MR) is 53.5 cm³/mol. The molecule has 1 saturated heterocycles. The van der Waals surface area contributed by atoms with Crippen LogP contribution in [0.1, 0.15) is 20.8 Å². The lowest BCUT2D eigenvalue weighted by Gasteiger charge is -2.29. The van der Waals surface area contributed by atoms with E-state index in [0.29, 0.717) is 6.61 Å². The van der Waals surface area contributed by atoms with Crippen molar-refractivity contribution >= 4 is 0 Å². The van der Waals surface area contributed by atoms with Gasteiger partial charge in [-0.15, -0.1) is 0 Å². The maximum Gasteiger partial charge on any atom is 0.0494 e. The third-order valence-corrected chi connectivity index (χ3v) is 3.78. The van der Waals surface area contributed by atoms with E-state index in [0.717, 1.165) is 24.3 Å². The second-order valence-electron chi connectivity index (χ2n) is 5.70. The molecule has 1 heterocycles. The van der Waals surface area contributed by atoms with Gasteiger partial charge in [-0.25, -0.2) is 0 Å². The highest BCUT2D eigenvalue weighted by Crippen LogP contribution is 2.51. The molecule has 76 valence electrons.